The number of hydrogen-bond acceptors (Lipinski definition) is 3. The molecule has 0 bridgehead atoms. The van der Waals surface area contributed by atoms with Crippen LogP contribution in [0.5, 0.6) is 5.75 Å². The van der Waals surface area contributed by atoms with Crippen molar-refractivity contribution in [2.75, 3.05) is 11.4 Å². The number of hydrogen-bond donors (Lipinski definition) is 0. The summed E-state index contributed by atoms with van der Waals surface area (Å²) in [6, 6.07) is 25.0. The first-order chi connectivity index (χ1) is 13.6. The van der Waals surface area contributed by atoms with Gasteiger partial charge in [0.25, 0.3) is 0 Å². The van der Waals surface area contributed by atoms with Crippen LogP contribution in [-0.4, -0.2) is 18.4 Å². The summed E-state index contributed by atoms with van der Waals surface area (Å²) in [4.78, 5) is 26.9. The number of para-hydroxylation sites is 1. The van der Waals surface area contributed by atoms with Crippen molar-refractivity contribution in [3.8, 4) is 16.9 Å². The van der Waals surface area contributed by atoms with Gasteiger partial charge in [-0.15, -0.1) is 0 Å². The van der Waals surface area contributed by atoms with E-state index in [1.807, 2.05) is 79.7 Å². The van der Waals surface area contributed by atoms with Crippen LogP contribution in [0, 0.1) is 12.8 Å². The predicted octanol–water partition coefficient (Wildman–Crippen LogP) is 4.62. The van der Waals surface area contributed by atoms with E-state index in [-0.39, 0.29) is 18.3 Å². The molecule has 0 N–H and O–H groups in total. The van der Waals surface area contributed by atoms with Crippen LogP contribution < -0.4 is 9.64 Å². The summed E-state index contributed by atoms with van der Waals surface area (Å²) in [5.74, 6) is -0.383. The molecule has 0 aromatic heterocycles. The lowest BCUT2D eigenvalue weighted by Crippen LogP contribution is -2.27. The lowest BCUT2D eigenvalue weighted by molar-refractivity contribution is -0.139. The molecule has 1 atom stereocenters. The zero-order valence-corrected chi connectivity index (χ0v) is 15.7. The average Bonchev–Trinajstić information content (AvgIpc) is 3.11. The Balaban J connectivity index is 1.51. The van der Waals surface area contributed by atoms with Gasteiger partial charge in [0.05, 0.1) is 5.92 Å². The highest BCUT2D eigenvalue weighted by Crippen LogP contribution is 2.32. The highest BCUT2D eigenvalue weighted by Gasteiger charge is 2.36. The minimum atomic E-state index is -0.474. The highest BCUT2D eigenvalue weighted by molar-refractivity contribution is 5.99. The number of amides is 1. The second-order valence-corrected chi connectivity index (χ2v) is 7.02. The maximum Gasteiger partial charge on any atom is 0.316 e. The zero-order valence-electron chi connectivity index (χ0n) is 15.7. The van der Waals surface area contributed by atoms with Gasteiger partial charge in [-0.1, -0.05) is 66.2 Å². The summed E-state index contributed by atoms with van der Waals surface area (Å²) in [7, 11) is 0. The molecule has 0 saturated carbocycles. The van der Waals surface area contributed by atoms with Crippen molar-refractivity contribution in [2.45, 2.75) is 13.3 Å². The van der Waals surface area contributed by atoms with Crippen LogP contribution >= 0.6 is 0 Å². The third-order valence-electron chi connectivity index (χ3n) is 4.99. The van der Waals surface area contributed by atoms with Gasteiger partial charge < -0.3 is 9.64 Å². The van der Waals surface area contributed by atoms with Crippen LogP contribution in [0.3, 0.4) is 0 Å². The summed E-state index contributed by atoms with van der Waals surface area (Å²) in [5.41, 5.74) is 3.78. The predicted molar refractivity (Wildman–Crippen MR) is 109 cm³/mol. The van der Waals surface area contributed by atoms with E-state index in [0.29, 0.717) is 12.3 Å². The molecule has 1 fully saturated rings. The minimum Gasteiger partial charge on any atom is -0.426 e. The molecule has 0 radical (unpaired) electrons. The van der Waals surface area contributed by atoms with Crippen molar-refractivity contribution >= 4 is 17.6 Å². The van der Waals surface area contributed by atoms with Crippen LogP contribution in [0.2, 0.25) is 0 Å². The van der Waals surface area contributed by atoms with Crippen molar-refractivity contribution in [3.63, 3.8) is 0 Å². The fourth-order valence-corrected chi connectivity index (χ4v) is 3.44. The lowest BCUT2D eigenvalue weighted by Gasteiger charge is -2.17. The molecule has 3 aromatic carbocycles. The number of anilines is 1. The largest absolute Gasteiger partial charge is 0.426 e. The third kappa shape index (κ3) is 3.67. The maximum atomic E-state index is 12.8. The molecule has 0 spiro atoms. The fraction of sp³-hybridized carbons (Fsp3) is 0.167. The van der Waals surface area contributed by atoms with E-state index in [4.69, 9.17) is 4.74 Å². The Morgan fingerprint density at radius 2 is 1.61 bits per heavy atom. The van der Waals surface area contributed by atoms with Gasteiger partial charge in [0, 0.05) is 24.2 Å². The van der Waals surface area contributed by atoms with Crippen molar-refractivity contribution in [1.29, 1.82) is 0 Å². The smallest absolute Gasteiger partial charge is 0.316 e. The molecule has 140 valence electrons. The van der Waals surface area contributed by atoms with Crippen LogP contribution in [0.4, 0.5) is 5.69 Å². The Kier molecular flexibility index (Phi) is 4.94. The van der Waals surface area contributed by atoms with Crippen LogP contribution in [0.25, 0.3) is 11.1 Å². The van der Waals surface area contributed by atoms with Gasteiger partial charge in [0.1, 0.15) is 5.75 Å². The average molecular weight is 371 g/mol. The molecule has 4 heteroatoms. The first kappa shape index (κ1) is 18.0. The molecule has 28 heavy (non-hydrogen) atoms. The highest BCUT2D eigenvalue weighted by atomic mass is 16.5. The second kappa shape index (κ2) is 7.69. The Morgan fingerprint density at radius 3 is 2.36 bits per heavy atom. The summed E-state index contributed by atoms with van der Waals surface area (Å²) < 4.78 is 5.72. The van der Waals surface area contributed by atoms with Crippen molar-refractivity contribution < 1.29 is 14.3 Å². The van der Waals surface area contributed by atoms with Gasteiger partial charge in [-0.25, -0.2) is 0 Å². The van der Waals surface area contributed by atoms with Crippen LogP contribution in [0.1, 0.15) is 12.0 Å². The van der Waals surface area contributed by atoms with Crippen LogP contribution in [0.15, 0.2) is 78.9 Å². The third-order valence-corrected chi connectivity index (χ3v) is 4.99. The number of benzene rings is 3. The van der Waals surface area contributed by atoms with Gasteiger partial charge >= 0.3 is 5.97 Å². The van der Waals surface area contributed by atoms with Gasteiger partial charge in [0.15, 0.2) is 0 Å². The zero-order chi connectivity index (χ0) is 19.5. The molecule has 1 aliphatic heterocycles. The van der Waals surface area contributed by atoms with Crippen molar-refractivity contribution in [1.82, 2.24) is 0 Å². The first-order valence-corrected chi connectivity index (χ1v) is 9.35. The Hall–Kier alpha value is -3.40. The quantitative estimate of drug-likeness (QED) is 0.497. The van der Waals surface area contributed by atoms with E-state index in [1.165, 1.54) is 0 Å². The minimum absolute atomic E-state index is 0.0536. The number of carbonyl (C=O) groups excluding carboxylic acids is 2. The van der Waals surface area contributed by atoms with E-state index >= 15 is 0 Å². The van der Waals surface area contributed by atoms with Gasteiger partial charge in [-0.2, -0.15) is 0 Å². The van der Waals surface area contributed by atoms with Crippen LogP contribution in [-0.2, 0) is 9.59 Å². The van der Waals surface area contributed by atoms with E-state index < -0.39 is 5.92 Å². The lowest BCUT2D eigenvalue weighted by atomic mass is 10.0. The number of carbonyl (C=O) groups is 2. The van der Waals surface area contributed by atoms with Gasteiger partial charge in [-0.05, 0) is 30.7 Å². The van der Waals surface area contributed by atoms with Gasteiger partial charge in [0.2, 0.25) is 5.91 Å². The molecule has 0 aliphatic carbocycles. The monoisotopic (exact) mass is 371 g/mol. The maximum absolute atomic E-state index is 12.8. The molecular formula is C24H21NO3. The summed E-state index contributed by atoms with van der Waals surface area (Å²) in [6.45, 7) is 2.34. The second-order valence-electron chi connectivity index (χ2n) is 7.02. The molecule has 1 heterocycles. The first-order valence-electron chi connectivity index (χ1n) is 9.35. The van der Waals surface area contributed by atoms with E-state index in [0.717, 1.165) is 22.4 Å². The Labute approximate surface area is 164 Å². The standard InChI is InChI=1S/C24H21NO3/c1-17-11-13-20(14-12-17)25-16-19(15-23(25)26)24(27)28-22-10-6-5-9-21(22)18-7-3-2-4-8-18/h2-14,19H,15-16H2,1H3/t19-/m1/s1. The summed E-state index contributed by atoms with van der Waals surface area (Å²) in [6.07, 6.45) is 0.167. The van der Waals surface area contributed by atoms with Crippen molar-refractivity contribution in [3.05, 3.63) is 84.4 Å². The van der Waals surface area contributed by atoms with E-state index in [1.54, 1.807) is 11.0 Å². The topological polar surface area (TPSA) is 46.6 Å². The molecule has 4 rings (SSSR count). The SMILES string of the molecule is Cc1ccc(N2C[C@H](C(=O)Oc3ccccc3-c3ccccc3)CC2=O)cc1. The van der Waals surface area contributed by atoms with Gasteiger partial charge in [-0.3, -0.25) is 9.59 Å². The molecular weight excluding hydrogens is 350 g/mol. The molecule has 1 aliphatic rings. The Morgan fingerprint density at radius 1 is 0.929 bits per heavy atom. The summed E-state index contributed by atoms with van der Waals surface area (Å²) in [5, 5.41) is 0. The molecule has 3 aromatic rings. The number of aryl methyl sites for hydroxylation is 1. The Bertz CT molecular complexity index is 996. The number of ether oxygens (including phenoxy) is 1. The molecule has 0 unspecified atom stereocenters. The molecule has 1 amide bonds. The molecule has 1 saturated heterocycles. The number of esters is 1. The van der Waals surface area contributed by atoms with E-state index in [9.17, 15) is 9.59 Å². The van der Waals surface area contributed by atoms with E-state index in [2.05, 4.69) is 0 Å². The number of nitrogens with zero attached hydrogens (tertiary/aromatic N) is 1. The molecule has 4 nitrogen and oxygen atoms in total. The van der Waals surface area contributed by atoms with Crippen molar-refractivity contribution in [2.24, 2.45) is 5.92 Å². The number of rotatable bonds is 4. The summed E-state index contributed by atoms with van der Waals surface area (Å²) >= 11 is 0. The fourth-order valence-electron chi connectivity index (χ4n) is 3.44. The normalized spacial score (nSPS) is 16.2.